The normalized spacial score (nSPS) is 14.8. The van der Waals surface area contributed by atoms with Crippen molar-refractivity contribution in [1.29, 1.82) is 0 Å². The number of nitrogens with zero attached hydrogens (tertiary/aromatic N) is 2. The quantitative estimate of drug-likeness (QED) is 0.547. The lowest BCUT2D eigenvalue weighted by Gasteiger charge is -2.21. The summed E-state index contributed by atoms with van der Waals surface area (Å²) in [5.41, 5.74) is 2.95. The Bertz CT molecular complexity index is 861. The van der Waals surface area contributed by atoms with Gasteiger partial charge >= 0.3 is 0 Å². The van der Waals surface area contributed by atoms with Crippen LogP contribution in [0.25, 0.3) is 0 Å². The summed E-state index contributed by atoms with van der Waals surface area (Å²) < 4.78 is 0. The Morgan fingerprint density at radius 1 is 1.07 bits per heavy atom. The predicted molar refractivity (Wildman–Crippen MR) is 114 cm³/mol. The van der Waals surface area contributed by atoms with E-state index in [0.29, 0.717) is 12.2 Å². The van der Waals surface area contributed by atoms with Gasteiger partial charge in [0.05, 0.1) is 4.92 Å². The third-order valence-electron chi connectivity index (χ3n) is 5.36. The van der Waals surface area contributed by atoms with Crippen molar-refractivity contribution in [2.45, 2.75) is 38.8 Å². The Morgan fingerprint density at radius 3 is 2.41 bits per heavy atom. The number of amides is 1. The van der Waals surface area contributed by atoms with E-state index in [-0.39, 0.29) is 17.2 Å². The van der Waals surface area contributed by atoms with E-state index in [9.17, 15) is 14.9 Å². The minimum absolute atomic E-state index is 0.101. The number of rotatable bonds is 7. The molecule has 3 rings (SSSR count). The molecule has 0 radical (unpaired) electrons. The highest BCUT2D eigenvalue weighted by Gasteiger charge is 2.18. The summed E-state index contributed by atoms with van der Waals surface area (Å²) >= 11 is 0. The monoisotopic (exact) mass is 396 g/mol. The molecular formula is C22H28N4O3. The number of nitrogens with one attached hydrogen (secondary N) is 2. The molecule has 1 heterocycles. The van der Waals surface area contributed by atoms with Crippen LogP contribution in [0.2, 0.25) is 0 Å². The number of hydrogen-bond donors (Lipinski definition) is 2. The van der Waals surface area contributed by atoms with Gasteiger partial charge in [0.25, 0.3) is 11.6 Å². The lowest BCUT2D eigenvalue weighted by atomic mass is 10.1. The number of nitro benzene ring substituents is 1. The zero-order valence-corrected chi connectivity index (χ0v) is 16.8. The van der Waals surface area contributed by atoms with Crippen LogP contribution in [-0.2, 0) is 13.1 Å². The van der Waals surface area contributed by atoms with E-state index in [2.05, 4.69) is 27.7 Å². The van der Waals surface area contributed by atoms with Crippen molar-refractivity contribution >= 4 is 17.3 Å². The lowest BCUT2D eigenvalue weighted by molar-refractivity contribution is -0.384. The lowest BCUT2D eigenvalue weighted by Crippen LogP contribution is -2.24. The van der Waals surface area contributed by atoms with Crippen LogP contribution in [0.4, 0.5) is 11.4 Å². The molecule has 7 heteroatoms. The first-order chi connectivity index (χ1) is 14.1. The summed E-state index contributed by atoms with van der Waals surface area (Å²) in [6, 6.07) is 12.7. The summed E-state index contributed by atoms with van der Waals surface area (Å²) in [4.78, 5) is 25.3. The van der Waals surface area contributed by atoms with Crippen LogP contribution in [0.3, 0.4) is 0 Å². The Kier molecular flexibility index (Phi) is 7.19. The van der Waals surface area contributed by atoms with Crippen molar-refractivity contribution in [3.63, 3.8) is 0 Å². The number of carbonyl (C=O) groups excluding carboxylic acids is 1. The fraction of sp³-hybridized carbons (Fsp3) is 0.409. The summed E-state index contributed by atoms with van der Waals surface area (Å²) in [7, 11) is 1.50. The highest BCUT2D eigenvalue weighted by molar-refractivity contribution is 5.95. The van der Waals surface area contributed by atoms with Gasteiger partial charge in [0.15, 0.2) is 0 Å². The van der Waals surface area contributed by atoms with Gasteiger partial charge in [-0.1, -0.05) is 37.1 Å². The molecule has 154 valence electrons. The maximum atomic E-state index is 11.8. The molecule has 1 saturated heterocycles. The predicted octanol–water partition coefficient (Wildman–Crippen LogP) is 3.94. The molecule has 1 fully saturated rings. The first kappa shape index (κ1) is 20.8. The summed E-state index contributed by atoms with van der Waals surface area (Å²) in [5, 5.41) is 17.2. The van der Waals surface area contributed by atoms with E-state index < -0.39 is 4.92 Å². The highest BCUT2D eigenvalue weighted by Crippen LogP contribution is 2.27. The van der Waals surface area contributed by atoms with E-state index >= 15 is 0 Å². The van der Waals surface area contributed by atoms with Gasteiger partial charge in [-0.15, -0.1) is 0 Å². The van der Waals surface area contributed by atoms with Crippen LogP contribution < -0.4 is 10.6 Å². The third-order valence-corrected chi connectivity index (χ3v) is 5.36. The average Bonchev–Trinajstić information content (AvgIpc) is 3.01. The van der Waals surface area contributed by atoms with Gasteiger partial charge in [-0.2, -0.15) is 0 Å². The molecular weight excluding hydrogens is 368 g/mol. The molecule has 1 amide bonds. The Hall–Kier alpha value is -2.93. The summed E-state index contributed by atoms with van der Waals surface area (Å²) in [5.74, 6) is -0.345. The van der Waals surface area contributed by atoms with Crippen molar-refractivity contribution in [3.8, 4) is 0 Å². The molecule has 0 unspecified atom stereocenters. The van der Waals surface area contributed by atoms with Crippen LogP contribution in [0.5, 0.6) is 0 Å². The zero-order valence-electron chi connectivity index (χ0n) is 16.8. The van der Waals surface area contributed by atoms with Crippen LogP contribution in [0.15, 0.2) is 42.5 Å². The summed E-state index contributed by atoms with van der Waals surface area (Å²) in [6.45, 7) is 3.63. The van der Waals surface area contributed by atoms with E-state index in [1.165, 1.54) is 44.4 Å². The molecule has 0 spiro atoms. The zero-order chi connectivity index (χ0) is 20.6. The Morgan fingerprint density at radius 2 is 1.76 bits per heavy atom. The number of nitro groups is 1. The molecule has 1 aliphatic heterocycles. The topological polar surface area (TPSA) is 87.5 Å². The van der Waals surface area contributed by atoms with Crippen molar-refractivity contribution in [2.24, 2.45) is 0 Å². The van der Waals surface area contributed by atoms with E-state index in [0.717, 1.165) is 25.2 Å². The smallest absolute Gasteiger partial charge is 0.293 e. The summed E-state index contributed by atoms with van der Waals surface area (Å²) in [6.07, 6.45) is 5.08. The molecule has 7 nitrogen and oxygen atoms in total. The maximum absolute atomic E-state index is 11.8. The van der Waals surface area contributed by atoms with Crippen molar-refractivity contribution in [3.05, 3.63) is 69.3 Å². The number of carbonyl (C=O) groups is 1. The molecule has 0 aromatic heterocycles. The SMILES string of the molecule is CNC(=O)c1ccc(NCc2ccccc2CN2CCCCCC2)c([N+](=O)[O-])c1. The van der Waals surface area contributed by atoms with Gasteiger partial charge in [0.1, 0.15) is 5.69 Å². The van der Waals surface area contributed by atoms with Gasteiger partial charge in [-0.25, -0.2) is 0 Å². The number of benzene rings is 2. The van der Waals surface area contributed by atoms with E-state index in [1.54, 1.807) is 12.1 Å². The van der Waals surface area contributed by atoms with Crippen LogP contribution in [0.1, 0.15) is 47.2 Å². The molecule has 0 bridgehead atoms. The molecule has 1 aliphatic rings. The number of hydrogen-bond acceptors (Lipinski definition) is 5. The fourth-order valence-electron chi connectivity index (χ4n) is 3.73. The molecule has 0 atom stereocenters. The van der Waals surface area contributed by atoms with E-state index in [1.807, 2.05) is 12.1 Å². The second-order valence-electron chi connectivity index (χ2n) is 7.38. The molecule has 29 heavy (non-hydrogen) atoms. The molecule has 0 aliphatic carbocycles. The maximum Gasteiger partial charge on any atom is 0.293 e. The van der Waals surface area contributed by atoms with Gasteiger partial charge in [0, 0.05) is 31.8 Å². The standard InChI is InChI=1S/C22H28N4O3/c1-23-22(27)17-10-11-20(21(14-17)26(28)29)24-15-18-8-4-5-9-19(18)16-25-12-6-2-3-7-13-25/h4-5,8-11,14,24H,2-3,6-7,12-13,15-16H2,1H3,(H,23,27). The molecule has 2 N–H and O–H groups in total. The van der Waals surface area contributed by atoms with Crippen LogP contribution >= 0.6 is 0 Å². The number of likely N-dealkylation sites (tertiary alicyclic amines) is 1. The molecule has 2 aromatic rings. The van der Waals surface area contributed by atoms with Gasteiger partial charge in [-0.3, -0.25) is 19.8 Å². The first-order valence-electron chi connectivity index (χ1n) is 10.1. The minimum Gasteiger partial charge on any atom is -0.375 e. The first-order valence-corrected chi connectivity index (χ1v) is 10.1. The van der Waals surface area contributed by atoms with E-state index in [4.69, 9.17) is 0 Å². The Labute approximate surface area is 171 Å². The number of anilines is 1. The second-order valence-corrected chi connectivity index (χ2v) is 7.38. The van der Waals surface area contributed by atoms with Crippen LogP contribution in [-0.4, -0.2) is 35.9 Å². The fourth-order valence-corrected chi connectivity index (χ4v) is 3.73. The highest BCUT2D eigenvalue weighted by atomic mass is 16.6. The van der Waals surface area contributed by atoms with Gasteiger partial charge in [0.2, 0.25) is 0 Å². The van der Waals surface area contributed by atoms with Crippen molar-refractivity contribution < 1.29 is 9.72 Å². The molecule has 2 aromatic carbocycles. The second kappa shape index (κ2) is 10.0. The van der Waals surface area contributed by atoms with Crippen molar-refractivity contribution in [2.75, 3.05) is 25.5 Å². The van der Waals surface area contributed by atoms with Crippen molar-refractivity contribution in [1.82, 2.24) is 10.2 Å². The van der Waals surface area contributed by atoms with Gasteiger partial charge in [-0.05, 0) is 49.2 Å². The van der Waals surface area contributed by atoms with Gasteiger partial charge < -0.3 is 10.6 Å². The minimum atomic E-state index is -0.460. The average molecular weight is 396 g/mol. The molecule has 0 saturated carbocycles. The third kappa shape index (κ3) is 5.54. The largest absolute Gasteiger partial charge is 0.375 e. The Balaban J connectivity index is 1.74. The van der Waals surface area contributed by atoms with Crippen LogP contribution in [0, 0.1) is 10.1 Å².